The lowest BCUT2D eigenvalue weighted by Crippen LogP contribution is -2.16. The molecule has 0 heterocycles. The fraction of sp³-hybridized carbons (Fsp3) is 0.600. The van der Waals surface area contributed by atoms with E-state index in [0.717, 1.165) is 25.0 Å². The van der Waals surface area contributed by atoms with Gasteiger partial charge in [0.05, 0.1) is 12.2 Å². The maximum absolute atomic E-state index is 9.94. The number of rotatable bonds is 7. The summed E-state index contributed by atoms with van der Waals surface area (Å²) < 4.78 is 5.68. The second kappa shape index (κ2) is 7.46. The molecular formula is C15H24O2. The van der Waals surface area contributed by atoms with Crippen molar-refractivity contribution in [1.29, 1.82) is 0 Å². The molecule has 0 saturated heterocycles. The van der Waals surface area contributed by atoms with Crippen molar-refractivity contribution in [2.75, 3.05) is 6.61 Å². The molecule has 2 heteroatoms. The monoisotopic (exact) mass is 236 g/mol. The van der Waals surface area contributed by atoms with E-state index < -0.39 is 0 Å². The zero-order valence-corrected chi connectivity index (χ0v) is 11.1. The molecule has 0 amide bonds. The standard InChI is InChI=1S/C15H24O2/c1-12(2)13(3)17-11-7-10-15(16)14-8-5-4-6-9-14/h4-6,8-9,12-13,15-16H,7,10-11H2,1-3H3. The SMILES string of the molecule is CC(C)C(C)OCCCC(O)c1ccccc1. The molecule has 0 saturated carbocycles. The molecule has 0 spiro atoms. The van der Waals surface area contributed by atoms with Crippen molar-refractivity contribution in [3.05, 3.63) is 35.9 Å². The van der Waals surface area contributed by atoms with Gasteiger partial charge >= 0.3 is 0 Å². The summed E-state index contributed by atoms with van der Waals surface area (Å²) in [6.07, 6.45) is 1.58. The topological polar surface area (TPSA) is 29.5 Å². The van der Waals surface area contributed by atoms with Gasteiger partial charge in [0.1, 0.15) is 0 Å². The molecule has 0 aliphatic carbocycles. The molecule has 0 fully saturated rings. The highest BCUT2D eigenvalue weighted by atomic mass is 16.5. The number of aliphatic hydroxyl groups excluding tert-OH is 1. The second-order valence-electron chi connectivity index (χ2n) is 4.89. The molecular weight excluding hydrogens is 212 g/mol. The highest BCUT2D eigenvalue weighted by Crippen LogP contribution is 2.18. The molecule has 1 rings (SSSR count). The lowest BCUT2D eigenvalue weighted by molar-refractivity contribution is 0.0274. The molecule has 0 aliphatic rings. The van der Waals surface area contributed by atoms with E-state index in [1.807, 2.05) is 30.3 Å². The van der Waals surface area contributed by atoms with Crippen LogP contribution in [0.3, 0.4) is 0 Å². The van der Waals surface area contributed by atoms with Crippen LogP contribution in [0.25, 0.3) is 0 Å². The molecule has 1 aromatic rings. The maximum atomic E-state index is 9.94. The zero-order valence-electron chi connectivity index (χ0n) is 11.1. The van der Waals surface area contributed by atoms with E-state index in [2.05, 4.69) is 20.8 Å². The van der Waals surface area contributed by atoms with Gasteiger partial charge in [0, 0.05) is 6.61 Å². The van der Waals surface area contributed by atoms with Crippen molar-refractivity contribution in [2.24, 2.45) is 5.92 Å². The van der Waals surface area contributed by atoms with Crippen LogP contribution in [-0.2, 0) is 4.74 Å². The van der Waals surface area contributed by atoms with Gasteiger partial charge in [-0.15, -0.1) is 0 Å². The van der Waals surface area contributed by atoms with Crippen molar-refractivity contribution < 1.29 is 9.84 Å². The van der Waals surface area contributed by atoms with Crippen LogP contribution in [0.2, 0.25) is 0 Å². The Morgan fingerprint density at radius 2 is 1.76 bits per heavy atom. The van der Waals surface area contributed by atoms with E-state index in [4.69, 9.17) is 4.74 Å². The van der Waals surface area contributed by atoms with Crippen LogP contribution in [0.5, 0.6) is 0 Å². The van der Waals surface area contributed by atoms with Crippen molar-refractivity contribution in [1.82, 2.24) is 0 Å². The second-order valence-corrected chi connectivity index (χ2v) is 4.89. The van der Waals surface area contributed by atoms with Crippen molar-refractivity contribution >= 4 is 0 Å². The molecule has 0 radical (unpaired) electrons. The third kappa shape index (κ3) is 5.33. The van der Waals surface area contributed by atoms with Gasteiger partial charge in [-0.25, -0.2) is 0 Å². The summed E-state index contributed by atoms with van der Waals surface area (Å²) in [5.74, 6) is 0.550. The predicted octanol–water partition coefficient (Wildman–Crippen LogP) is 3.56. The largest absolute Gasteiger partial charge is 0.388 e. The van der Waals surface area contributed by atoms with E-state index in [9.17, 15) is 5.11 Å². The molecule has 2 unspecified atom stereocenters. The predicted molar refractivity (Wildman–Crippen MR) is 70.9 cm³/mol. The molecule has 2 atom stereocenters. The minimum absolute atomic E-state index is 0.295. The van der Waals surface area contributed by atoms with Crippen LogP contribution in [0.1, 0.15) is 45.3 Å². The molecule has 1 aromatic carbocycles. The Bertz CT molecular complexity index is 295. The third-order valence-electron chi connectivity index (χ3n) is 3.13. The lowest BCUT2D eigenvalue weighted by atomic mass is 10.1. The normalized spacial score (nSPS) is 14.9. The molecule has 0 aliphatic heterocycles. The van der Waals surface area contributed by atoms with E-state index in [0.29, 0.717) is 12.0 Å². The van der Waals surface area contributed by atoms with Gasteiger partial charge in [0.2, 0.25) is 0 Å². The lowest BCUT2D eigenvalue weighted by Gasteiger charge is -2.17. The van der Waals surface area contributed by atoms with Crippen LogP contribution in [-0.4, -0.2) is 17.8 Å². The van der Waals surface area contributed by atoms with Crippen LogP contribution in [0, 0.1) is 5.92 Å². The molecule has 0 aromatic heterocycles. The highest BCUT2D eigenvalue weighted by molar-refractivity contribution is 5.16. The van der Waals surface area contributed by atoms with Gasteiger partial charge < -0.3 is 9.84 Å². The smallest absolute Gasteiger partial charge is 0.0790 e. The maximum Gasteiger partial charge on any atom is 0.0790 e. The van der Waals surface area contributed by atoms with Crippen molar-refractivity contribution in [3.8, 4) is 0 Å². The van der Waals surface area contributed by atoms with E-state index >= 15 is 0 Å². The summed E-state index contributed by atoms with van der Waals surface area (Å²) in [6, 6.07) is 9.79. The summed E-state index contributed by atoms with van der Waals surface area (Å²) in [5, 5.41) is 9.94. The molecule has 0 bridgehead atoms. The Balaban J connectivity index is 2.19. The van der Waals surface area contributed by atoms with Crippen molar-refractivity contribution in [3.63, 3.8) is 0 Å². The van der Waals surface area contributed by atoms with Gasteiger partial charge in [0.15, 0.2) is 0 Å². The summed E-state index contributed by atoms with van der Waals surface area (Å²) in [6.45, 7) is 7.13. The first-order valence-electron chi connectivity index (χ1n) is 6.46. The number of hydrogen-bond acceptors (Lipinski definition) is 2. The van der Waals surface area contributed by atoms with Gasteiger partial charge in [-0.3, -0.25) is 0 Å². The highest BCUT2D eigenvalue weighted by Gasteiger charge is 2.09. The molecule has 96 valence electrons. The molecule has 2 nitrogen and oxygen atoms in total. The summed E-state index contributed by atoms with van der Waals surface area (Å²) in [5.41, 5.74) is 0.990. The van der Waals surface area contributed by atoms with Crippen LogP contribution in [0.4, 0.5) is 0 Å². The summed E-state index contributed by atoms with van der Waals surface area (Å²) in [7, 11) is 0. The van der Waals surface area contributed by atoms with Crippen molar-refractivity contribution in [2.45, 2.75) is 45.8 Å². The Morgan fingerprint density at radius 1 is 1.12 bits per heavy atom. The summed E-state index contributed by atoms with van der Waals surface area (Å²) >= 11 is 0. The molecule has 1 N–H and O–H groups in total. The summed E-state index contributed by atoms with van der Waals surface area (Å²) in [4.78, 5) is 0. The number of benzene rings is 1. The van der Waals surface area contributed by atoms with E-state index in [1.165, 1.54) is 0 Å². The first-order valence-corrected chi connectivity index (χ1v) is 6.46. The fourth-order valence-corrected chi connectivity index (χ4v) is 1.58. The zero-order chi connectivity index (χ0) is 12.7. The minimum atomic E-state index is -0.367. The van der Waals surface area contributed by atoms with Crippen LogP contribution < -0.4 is 0 Å². The minimum Gasteiger partial charge on any atom is -0.388 e. The van der Waals surface area contributed by atoms with Crippen LogP contribution >= 0.6 is 0 Å². The Labute approximate surface area is 105 Å². The van der Waals surface area contributed by atoms with Gasteiger partial charge in [-0.05, 0) is 31.2 Å². The van der Waals surface area contributed by atoms with Gasteiger partial charge in [-0.1, -0.05) is 44.2 Å². The average Bonchev–Trinajstić information content (AvgIpc) is 2.35. The third-order valence-corrected chi connectivity index (χ3v) is 3.13. The first kappa shape index (κ1) is 14.2. The number of ether oxygens (including phenoxy) is 1. The van der Waals surface area contributed by atoms with E-state index in [1.54, 1.807) is 0 Å². The number of hydrogen-bond donors (Lipinski definition) is 1. The van der Waals surface area contributed by atoms with E-state index in [-0.39, 0.29) is 6.10 Å². The van der Waals surface area contributed by atoms with Gasteiger partial charge in [-0.2, -0.15) is 0 Å². The van der Waals surface area contributed by atoms with Crippen LogP contribution in [0.15, 0.2) is 30.3 Å². The number of aliphatic hydroxyl groups is 1. The average molecular weight is 236 g/mol. The first-order chi connectivity index (χ1) is 8.11. The fourth-order valence-electron chi connectivity index (χ4n) is 1.58. The Kier molecular flexibility index (Phi) is 6.23. The molecule has 17 heavy (non-hydrogen) atoms. The Hall–Kier alpha value is -0.860. The quantitative estimate of drug-likeness (QED) is 0.733. The van der Waals surface area contributed by atoms with Gasteiger partial charge in [0.25, 0.3) is 0 Å². The Morgan fingerprint density at radius 3 is 2.35 bits per heavy atom.